The zero-order valence-electron chi connectivity index (χ0n) is 9.74. The average molecular weight is 212 g/mol. The number of nitrogens with two attached hydrogens (primary N) is 1. The van der Waals surface area contributed by atoms with Crippen LogP contribution in [0.25, 0.3) is 0 Å². The Morgan fingerprint density at radius 2 is 2.13 bits per heavy atom. The first-order valence-electron chi connectivity index (χ1n) is 6.42. The third kappa shape index (κ3) is 3.16. The molecule has 1 heterocycles. The van der Waals surface area contributed by atoms with Crippen molar-refractivity contribution >= 4 is 0 Å². The predicted octanol–water partition coefficient (Wildman–Crippen LogP) is 1.27. The minimum absolute atomic E-state index is 0.322. The van der Waals surface area contributed by atoms with Gasteiger partial charge in [0.1, 0.15) is 0 Å². The molecule has 0 amide bonds. The van der Waals surface area contributed by atoms with Gasteiger partial charge in [-0.3, -0.25) is 0 Å². The van der Waals surface area contributed by atoms with E-state index < -0.39 is 0 Å². The molecular weight excluding hydrogens is 188 g/mol. The van der Waals surface area contributed by atoms with Gasteiger partial charge in [-0.1, -0.05) is 13.3 Å². The van der Waals surface area contributed by atoms with Crippen LogP contribution in [-0.2, 0) is 4.74 Å². The van der Waals surface area contributed by atoms with Gasteiger partial charge in [-0.05, 0) is 31.6 Å². The Hall–Kier alpha value is -0.120. The highest BCUT2D eigenvalue weighted by Crippen LogP contribution is 2.34. The van der Waals surface area contributed by atoms with Gasteiger partial charge in [0.25, 0.3) is 0 Å². The maximum Gasteiger partial charge on any atom is 0.0704 e. The summed E-state index contributed by atoms with van der Waals surface area (Å²) in [4.78, 5) is 0. The molecule has 3 N–H and O–H groups in total. The Morgan fingerprint density at radius 1 is 1.33 bits per heavy atom. The quantitative estimate of drug-likeness (QED) is 0.697. The molecule has 2 rings (SSSR count). The van der Waals surface area contributed by atoms with Crippen molar-refractivity contribution in [2.75, 3.05) is 13.1 Å². The monoisotopic (exact) mass is 212 g/mol. The Labute approximate surface area is 92.7 Å². The van der Waals surface area contributed by atoms with Crippen LogP contribution in [0.2, 0.25) is 0 Å². The van der Waals surface area contributed by atoms with E-state index in [1.54, 1.807) is 0 Å². The van der Waals surface area contributed by atoms with Crippen molar-refractivity contribution in [3.63, 3.8) is 0 Å². The summed E-state index contributed by atoms with van der Waals surface area (Å²) >= 11 is 0. The summed E-state index contributed by atoms with van der Waals surface area (Å²) in [6.45, 7) is 3.97. The third-order valence-electron chi connectivity index (χ3n) is 3.65. The van der Waals surface area contributed by atoms with Gasteiger partial charge in [0.05, 0.1) is 12.2 Å². The molecule has 0 radical (unpaired) electrons. The third-order valence-corrected chi connectivity index (χ3v) is 3.65. The molecule has 1 saturated heterocycles. The Morgan fingerprint density at radius 3 is 2.80 bits per heavy atom. The van der Waals surface area contributed by atoms with Gasteiger partial charge in [0.15, 0.2) is 0 Å². The van der Waals surface area contributed by atoms with Gasteiger partial charge >= 0.3 is 0 Å². The van der Waals surface area contributed by atoms with Gasteiger partial charge in [-0.15, -0.1) is 0 Å². The molecule has 1 aliphatic carbocycles. The highest BCUT2D eigenvalue weighted by atomic mass is 16.5. The van der Waals surface area contributed by atoms with Crippen molar-refractivity contribution in [2.45, 2.75) is 57.3 Å². The maximum absolute atomic E-state index is 5.80. The summed E-state index contributed by atoms with van der Waals surface area (Å²) in [7, 11) is 0. The molecule has 2 aliphatic rings. The summed E-state index contributed by atoms with van der Waals surface area (Å²) < 4.78 is 5.80. The van der Waals surface area contributed by atoms with Crippen molar-refractivity contribution in [1.82, 2.24) is 5.32 Å². The minimum Gasteiger partial charge on any atom is -0.372 e. The fraction of sp³-hybridized carbons (Fsp3) is 1.00. The van der Waals surface area contributed by atoms with Crippen LogP contribution in [-0.4, -0.2) is 31.3 Å². The molecular formula is C12H24N2O. The highest BCUT2D eigenvalue weighted by Gasteiger charge is 2.36. The van der Waals surface area contributed by atoms with Gasteiger partial charge in [-0.25, -0.2) is 0 Å². The fourth-order valence-corrected chi connectivity index (χ4v) is 2.57. The molecule has 4 atom stereocenters. The van der Waals surface area contributed by atoms with Gasteiger partial charge < -0.3 is 15.8 Å². The Kier molecular flexibility index (Phi) is 4.00. The van der Waals surface area contributed by atoms with E-state index in [0.717, 1.165) is 24.9 Å². The fourth-order valence-electron chi connectivity index (χ4n) is 2.57. The summed E-state index contributed by atoms with van der Waals surface area (Å²) in [5, 5.41) is 3.61. The molecule has 4 unspecified atom stereocenters. The normalized spacial score (nSPS) is 39.6. The number of nitrogens with one attached hydrogen (secondary N) is 1. The lowest BCUT2D eigenvalue weighted by atomic mass is 10.2. The predicted molar refractivity (Wildman–Crippen MR) is 61.8 cm³/mol. The van der Waals surface area contributed by atoms with Crippen molar-refractivity contribution < 1.29 is 4.74 Å². The van der Waals surface area contributed by atoms with Crippen LogP contribution in [0.1, 0.15) is 39.0 Å². The molecule has 3 nitrogen and oxygen atoms in total. The molecule has 0 aromatic rings. The lowest BCUT2D eigenvalue weighted by Crippen LogP contribution is -2.30. The average Bonchev–Trinajstić information content (AvgIpc) is 2.82. The van der Waals surface area contributed by atoms with Crippen molar-refractivity contribution in [2.24, 2.45) is 11.7 Å². The molecule has 88 valence electrons. The first-order valence-corrected chi connectivity index (χ1v) is 6.42. The van der Waals surface area contributed by atoms with Crippen LogP contribution >= 0.6 is 0 Å². The number of rotatable bonds is 6. The summed E-state index contributed by atoms with van der Waals surface area (Å²) in [6, 6.07) is 0.783. The first kappa shape index (κ1) is 11.4. The van der Waals surface area contributed by atoms with Crippen LogP contribution in [0.4, 0.5) is 0 Å². The van der Waals surface area contributed by atoms with Crippen LogP contribution < -0.4 is 11.1 Å². The summed E-state index contributed by atoms with van der Waals surface area (Å²) in [6.07, 6.45) is 7.14. The van der Waals surface area contributed by atoms with Crippen molar-refractivity contribution in [3.8, 4) is 0 Å². The topological polar surface area (TPSA) is 47.3 Å². The number of ether oxygens (including phenoxy) is 1. The SMILES string of the molecule is CCCC1CC1NCC1CCC(CN)O1. The zero-order valence-corrected chi connectivity index (χ0v) is 9.74. The van der Waals surface area contributed by atoms with E-state index in [2.05, 4.69) is 12.2 Å². The minimum atomic E-state index is 0.322. The number of hydrogen-bond donors (Lipinski definition) is 2. The second-order valence-corrected chi connectivity index (χ2v) is 4.99. The summed E-state index contributed by atoms with van der Waals surface area (Å²) in [5.74, 6) is 0.946. The lowest BCUT2D eigenvalue weighted by Gasteiger charge is -2.13. The van der Waals surface area contributed by atoms with Crippen LogP contribution in [0.3, 0.4) is 0 Å². The van der Waals surface area contributed by atoms with E-state index in [-0.39, 0.29) is 0 Å². The largest absolute Gasteiger partial charge is 0.372 e. The van der Waals surface area contributed by atoms with Gasteiger partial charge in [0, 0.05) is 19.1 Å². The number of hydrogen-bond acceptors (Lipinski definition) is 3. The molecule has 15 heavy (non-hydrogen) atoms. The van der Waals surface area contributed by atoms with E-state index in [4.69, 9.17) is 10.5 Å². The van der Waals surface area contributed by atoms with Crippen molar-refractivity contribution in [3.05, 3.63) is 0 Å². The van der Waals surface area contributed by atoms with E-state index in [1.807, 2.05) is 0 Å². The standard InChI is InChI=1S/C12H24N2O/c1-2-3-9-6-12(9)14-8-11-5-4-10(7-13)15-11/h9-12,14H,2-8,13H2,1H3. The van der Waals surface area contributed by atoms with E-state index in [1.165, 1.54) is 25.7 Å². The van der Waals surface area contributed by atoms with Crippen LogP contribution in [0.15, 0.2) is 0 Å². The molecule has 0 aromatic heterocycles. The van der Waals surface area contributed by atoms with E-state index in [9.17, 15) is 0 Å². The molecule has 1 saturated carbocycles. The maximum atomic E-state index is 5.80. The van der Waals surface area contributed by atoms with E-state index >= 15 is 0 Å². The zero-order chi connectivity index (χ0) is 10.7. The summed E-state index contributed by atoms with van der Waals surface area (Å²) in [5.41, 5.74) is 5.58. The highest BCUT2D eigenvalue weighted by molar-refractivity contribution is 4.93. The lowest BCUT2D eigenvalue weighted by molar-refractivity contribution is 0.0501. The first-order chi connectivity index (χ1) is 7.33. The van der Waals surface area contributed by atoms with Crippen LogP contribution in [0, 0.1) is 5.92 Å². The molecule has 0 bridgehead atoms. The van der Waals surface area contributed by atoms with Gasteiger partial charge in [-0.2, -0.15) is 0 Å². The Bertz CT molecular complexity index is 198. The smallest absolute Gasteiger partial charge is 0.0704 e. The van der Waals surface area contributed by atoms with Gasteiger partial charge in [0.2, 0.25) is 0 Å². The second kappa shape index (κ2) is 5.28. The van der Waals surface area contributed by atoms with E-state index in [0.29, 0.717) is 18.8 Å². The molecule has 3 heteroatoms. The second-order valence-electron chi connectivity index (χ2n) is 4.99. The Balaban J connectivity index is 1.56. The molecule has 0 spiro atoms. The molecule has 0 aromatic carbocycles. The molecule has 2 fully saturated rings. The molecule has 1 aliphatic heterocycles. The van der Waals surface area contributed by atoms with Crippen molar-refractivity contribution in [1.29, 1.82) is 0 Å². The van der Waals surface area contributed by atoms with Crippen LogP contribution in [0.5, 0.6) is 0 Å².